The number of aliphatic hydroxyl groups is 1. The molecular formula is C31H31N3O5. The molecule has 0 aliphatic carbocycles. The average molecular weight is 526 g/mol. The zero-order valence-corrected chi connectivity index (χ0v) is 21.8. The first kappa shape index (κ1) is 26.2. The third-order valence-corrected chi connectivity index (χ3v) is 6.51. The number of fused-ring (bicyclic) bond motifs is 3. The molecule has 0 radical (unpaired) electrons. The topological polar surface area (TPSA) is 117 Å². The van der Waals surface area contributed by atoms with Crippen LogP contribution in [-0.2, 0) is 6.42 Å². The summed E-state index contributed by atoms with van der Waals surface area (Å²) in [6, 6.07) is 24.7. The number of pyridine rings is 1. The van der Waals surface area contributed by atoms with Crippen LogP contribution in [0.5, 0.6) is 17.4 Å². The van der Waals surface area contributed by atoms with Gasteiger partial charge in [0.05, 0.1) is 11.1 Å². The largest absolute Gasteiger partial charge is 0.490 e. The van der Waals surface area contributed by atoms with Gasteiger partial charge in [-0.15, -0.1) is 0 Å². The number of carbonyl (C=O) groups is 1. The van der Waals surface area contributed by atoms with Crippen LogP contribution < -0.4 is 14.8 Å². The average Bonchev–Trinajstić information content (AvgIpc) is 3.31. The van der Waals surface area contributed by atoms with Gasteiger partial charge in [-0.05, 0) is 62.2 Å². The van der Waals surface area contributed by atoms with Gasteiger partial charge in [0.25, 0.3) is 0 Å². The van der Waals surface area contributed by atoms with Crippen LogP contribution in [0.1, 0.15) is 29.8 Å². The monoisotopic (exact) mass is 525 g/mol. The van der Waals surface area contributed by atoms with Gasteiger partial charge < -0.3 is 30.0 Å². The number of hydrogen-bond donors (Lipinski definition) is 4. The van der Waals surface area contributed by atoms with E-state index in [1.54, 1.807) is 0 Å². The lowest BCUT2D eigenvalue weighted by Crippen LogP contribution is -2.46. The third kappa shape index (κ3) is 6.37. The van der Waals surface area contributed by atoms with Crippen molar-refractivity contribution < 1.29 is 24.5 Å². The number of rotatable bonds is 11. The second-order valence-electron chi connectivity index (χ2n) is 10.2. The highest BCUT2D eigenvalue weighted by atomic mass is 16.5. The van der Waals surface area contributed by atoms with Crippen molar-refractivity contribution in [2.24, 2.45) is 0 Å². The van der Waals surface area contributed by atoms with E-state index < -0.39 is 12.1 Å². The van der Waals surface area contributed by atoms with E-state index in [-0.39, 0.29) is 17.7 Å². The van der Waals surface area contributed by atoms with Crippen molar-refractivity contribution in [3.8, 4) is 17.4 Å². The van der Waals surface area contributed by atoms with Crippen LogP contribution in [0.2, 0.25) is 0 Å². The summed E-state index contributed by atoms with van der Waals surface area (Å²) >= 11 is 0. The second-order valence-corrected chi connectivity index (χ2v) is 10.2. The van der Waals surface area contributed by atoms with Crippen LogP contribution in [0.25, 0.3) is 21.8 Å². The molecular weight excluding hydrogens is 494 g/mol. The first-order valence-corrected chi connectivity index (χ1v) is 12.8. The van der Waals surface area contributed by atoms with Gasteiger partial charge in [0.1, 0.15) is 24.2 Å². The van der Waals surface area contributed by atoms with E-state index >= 15 is 0 Å². The minimum Gasteiger partial charge on any atom is -0.490 e. The number of nitrogens with zero attached hydrogens (tertiary/aromatic N) is 1. The summed E-state index contributed by atoms with van der Waals surface area (Å²) in [4.78, 5) is 18.4. The Hall–Kier alpha value is -4.40. The Kier molecular flexibility index (Phi) is 7.49. The SMILES string of the molecule is CC(C)(Cc1ccc(Oc2ccc(C(=O)O)cn2)cc1)NC[C@H](O)COc1cccc2[nH]c3ccccc3c12. The second kappa shape index (κ2) is 11.1. The highest BCUT2D eigenvalue weighted by molar-refractivity contribution is 6.10. The van der Waals surface area contributed by atoms with Gasteiger partial charge in [-0.1, -0.05) is 36.4 Å². The number of aromatic amines is 1. The summed E-state index contributed by atoms with van der Waals surface area (Å²) in [5.74, 6) is 0.654. The fourth-order valence-electron chi connectivity index (χ4n) is 4.56. The van der Waals surface area contributed by atoms with Crippen molar-refractivity contribution >= 4 is 27.8 Å². The number of benzene rings is 3. The Morgan fingerprint density at radius 2 is 1.77 bits per heavy atom. The molecule has 0 aliphatic rings. The van der Waals surface area contributed by atoms with E-state index in [0.717, 1.165) is 39.5 Å². The number of carboxylic acids is 1. The fourth-order valence-corrected chi connectivity index (χ4v) is 4.56. The van der Waals surface area contributed by atoms with Crippen molar-refractivity contribution in [1.29, 1.82) is 0 Å². The number of aromatic carboxylic acids is 1. The molecule has 39 heavy (non-hydrogen) atoms. The number of nitrogens with one attached hydrogen (secondary N) is 2. The molecule has 0 fully saturated rings. The molecule has 0 amide bonds. The molecule has 8 heteroatoms. The predicted molar refractivity (Wildman–Crippen MR) is 151 cm³/mol. The van der Waals surface area contributed by atoms with Crippen molar-refractivity contribution in [2.75, 3.05) is 13.2 Å². The van der Waals surface area contributed by atoms with Crippen LogP contribution in [-0.4, -0.2) is 50.9 Å². The fraction of sp³-hybridized carbons (Fsp3) is 0.226. The number of H-pyrrole nitrogens is 1. The van der Waals surface area contributed by atoms with E-state index in [4.69, 9.17) is 14.6 Å². The molecule has 0 unspecified atom stereocenters. The summed E-state index contributed by atoms with van der Waals surface area (Å²) in [6.07, 6.45) is 1.32. The lowest BCUT2D eigenvalue weighted by Gasteiger charge is -2.28. The molecule has 2 heterocycles. The van der Waals surface area contributed by atoms with Crippen LogP contribution in [0, 0.1) is 0 Å². The quantitative estimate of drug-likeness (QED) is 0.178. The lowest BCUT2D eigenvalue weighted by molar-refractivity contribution is 0.0696. The van der Waals surface area contributed by atoms with Gasteiger partial charge in [-0.3, -0.25) is 0 Å². The first-order valence-electron chi connectivity index (χ1n) is 12.8. The number of β-amino-alcohol motifs (C(OH)–C–C–N with tert-alkyl or cyclic N) is 1. The minimum absolute atomic E-state index is 0.107. The Balaban J connectivity index is 1.13. The van der Waals surface area contributed by atoms with Crippen molar-refractivity contribution in [2.45, 2.75) is 31.9 Å². The standard InChI is InChI=1S/C31H31N3O5/c1-31(2,16-20-10-13-23(14-11-20)39-28-15-12-21(17-32-28)30(36)37)33-18-22(35)19-38-27-9-5-8-26-29(27)24-6-3-4-7-25(24)34-26/h3-15,17,22,33-35H,16,18-19H2,1-2H3,(H,36,37)/t22-/m0/s1. The maximum Gasteiger partial charge on any atom is 0.337 e. The number of carboxylic acid groups (broad SMARTS) is 1. The summed E-state index contributed by atoms with van der Waals surface area (Å²) in [5.41, 5.74) is 3.00. The molecule has 0 saturated heterocycles. The van der Waals surface area contributed by atoms with Gasteiger partial charge >= 0.3 is 5.97 Å². The number of aromatic nitrogens is 2. The molecule has 3 aromatic carbocycles. The van der Waals surface area contributed by atoms with Crippen LogP contribution in [0.4, 0.5) is 0 Å². The normalized spacial score (nSPS) is 12.5. The van der Waals surface area contributed by atoms with Crippen LogP contribution in [0.3, 0.4) is 0 Å². The number of hydrogen-bond acceptors (Lipinski definition) is 6. The van der Waals surface area contributed by atoms with E-state index in [1.807, 2.05) is 60.7 Å². The van der Waals surface area contributed by atoms with Crippen molar-refractivity contribution in [1.82, 2.24) is 15.3 Å². The molecule has 8 nitrogen and oxygen atoms in total. The molecule has 0 spiro atoms. The zero-order chi connectivity index (χ0) is 27.4. The van der Waals surface area contributed by atoms with Gasteiger partial charge in [0.15, 0.2) is 0 Å². The van der Waals surface area contributed by atoms with Crippen LogP contribution in [0.15, 0.2) is 85.1 Å². The highest BCUT2D eigenvalue weighted by Crippen LogP contribution is 2.33. The van der Waals surface area contributed by atoms with E-state index in [2.05, 4.69) is 35.2 Å². The number of ether oxygens (including phenoxy) is 2. The molecule has 2 aromatic heterocycles. The van der Waals surface area contributed by atoms with Crippen molar-refractivity contribution in [3.63, 3.8) is 0 Å². The molecule has 5 rings (SSSR count). The molecule has 1 atom stereocenters. The van der Waals surface area contributed by atoms with Crippen molar-refractivity contribution in [3.05, 3.63) is 96.2 Å². The van der Waals surface area contributed by atoms with Gasteiger partial charge in [0, 0.05) is 40.6 Å². The summed E-state index contributed by atoms with van der Waals surface area (Å²) in [5, 5.41) is 25.2. The van der Waals surface area contributed by atoms with Gasteiger partial charge in [0.2, 0.25) is 5.88 Å². The van der Waals surface area contributed by atoms with Crippen LogP contribution >= 0.6 is 0 Å². The Morgan fingerprint density at radius 1 is 1.00 bits per heavy atom. The van der Waals surface area contributed by atoms with E-state index in [9.17, 15) is 9.90 Å². The smallest absolute Gasteiger partial charge is 0.337 e. The minimum atomic E-state index is -1.03. The van der Waals surface area contributed by atoms with E-state index in [0.29, 0.717) is 18.2 Å². The zero-order valence-electron chi connectivity index (χ0n) is 21.8. The number of para-hydroxylation sites is 1. The Labute approximate surface area is 226 Å². The molecule has 200 valence electrons. The maximum atomic E-state index is 11.0. The predicted octanol–water partition coefficient (Wildman–Crippen LogP) is 5.56. The summed E-state index contributed by atoms with van der Waals surface area (Å²) in [6.45, 7) is 4.74. The molecule has 4 N–H and O–H groups in total. The highest BCUT2D eigenvalue weighted by Gasteiger charge is 2.20. The van der Waals surface area contributed by atoms with E-state index in [1.165, 1.54) is 18.3 Å². The summed E-state index contributed by atoms with van der Waals surface area (Å²) in [7, 11) is 0. The number of aliphatic hydroxyl groups excluding tert-OH is 1. The lowest BCUT2D eigenvalue weighted by atomic mass is 9.94. The first-order chi connectivity index (χ1) is 18.8. The third-order valence-electron chi connectivity index (χ3n) is 6.51. The molecule has 0 bridgehead atoms. The molecule has 5 aromatic rings. The molecule has 0 aliphatic heterocycles. The molecule has 0 saturated carbocycles. The van der Waals surface area contributed by atoms with Gasteiger partial charge in [-0.2, -0.15) is 0 Å². The maximum absolute atomic E-state index is 11.0. The Bertz CT molecular complexity index is 1580. The van der Waals surface area contributed by atoms with Gasteiger partial charge in [-0.25, -0.2) is 9.78 Å². The summed E-state index contributed by atoms with van der Waals surface area (Å²) < 4.78 is 11.8. The Morgan fingerprint density at radius 3 is 2.51 bits per heavy atom.